The Morgan fingerprint density at radius 3 is 2.12 bits per heavy atom. The Kier molecular flexibility index (Phi) is 6.68. The molecular formula is C27H28N2O4S. The second kappa shape index (κ2) is 9.52. The molecule has 6 nitrogen and oxygen atoms in total. The molecule has 0 bridgehead atoms. The van der Waals surface area contributed by atoms with Gasteiger partial charge < -0.3 is 0 Å². The minimum absolute atomic E-state index is 0.0126. The van der Waals surface area contributed by atoms with Gasteiger partial charge in [0.05, 0.1) is 17.0 Å². The Morgan fingerprint density at radius 1 is 0.912 bits per heavy atom. The zero-order chi connectivity index (χ0) is 24.5. The van der Waals surface area contributed by atoms with E-state index in [1.165, 1.54) is 12.1 Å². The van der Waals surface area contributed by atoms with Crippen molar-refractivity contribution in [3.63, 3.8) is 0 Å². The molecule has 2 amide bonds. The average molecular weight is 477 g/mol. The van der Waals surface area contributed by atoms with Crippen LogP contribution in [0.2, 0.25) is 0 Å². The molecule has 7 heteroatoms. The maximum Gasteiger partial charge on any atom is 0.252 e. The van der Waals surface area contributed by atoms with Crippen molar-refractivity contribution in [2.75, 3.05) is 4.90 Å². The summed E-state index contributed by atoms with van der Waals surface area (Å²) in [6, 6.07) is 21.6. The zero-order valence-electron chi connectivity index (χ0n) is 19.5. The Morgan fingerprint density at radius 2 is 1.53 bits per heavy atom. The number of amides is 2. The summed E-state index contributed by atoms with van der Waals surface area (Å²) < 4.78 is 28.5. The van der Waals surface area contributed by atoms with Crippen molar-refractivity contribution in [3.05, 3.63) is 95.6 Å². The lowest BCUT2D eigenvalue weighted by molar-refractivity contribution is -0.122. The van der Waals surface area contributed by atoms with Gasteiger partial charge in [-0.3, -0.25) is 9.59 Å². The summed E-state index contributed by atoms with van der Waals surface area (Å²) in [5.74, 6) is -0.633. The van der Waals surface area contributed by atoms with Crippen LogP contribution in [0, 0.1) is 6.92 Å². The Hall–Kier alpha value is -3.29. The highest BCUT2D eigenvalue weighted by Crippen LogP contribution is 2.31. The van der Waals surface area contributed by atoms with E-state index >= 15 is 0 Å². The van der Waals surface area contributed by atoms with E-state index in [9.17, 15) is 18.0 Å². The monoisotopic (exact) mass is 476 g/mol. The highest BCUT2D eigenvalue weighted by atomic mass is 32.2. The van der Waals surface area contributed by atoms with Gasteiger partial charge >= 0.3 is 0 Å². The number of benzene rings is 3. The van der Waals surface area contributed by atoms with Crippen LogP contribution in [-0.2, 0) is 26.2 Å². The number of nitrogens with zero attached hydrogens (tertiary/aromatic N) is 2. The van der Waals surface area contributed by atoms with Crippen molar-refractivity contribution in [1.82, 2.24) is 4.31 Å². The summed E-state index contributed by atoms with van der Waals surface area (Å²) in [7, 11) is -4.04. The summed E-state index contributed by atoms with van der Waals surface area (Å²) in [6.45, 7) is 6.06. The van der Waals surface area contributed by atoms with Gasteiger partial charge in [0.25, 0.3) is 5.91 Å². The van der Waals surface area contributed by atoms with Crippen molar-refractivity contribution in [2.45, 2.75) is 50.6 Å². The lowest BCUT2D eigenvalue weighted by Gasteiger charge is -2.27. The molecule has 0 N–H and O–H groups in total. The smallest absolute Gasteiger partial charge is 0.252 e. The third-order valence-corrected chi connectivity index (χ3v) is 7.97. The van der Waals surface area contributed by atoms with Crippen LogP contribution in [0.3, 0.4) is 0 Å². The molecule has 3 aromatic rings. The number of carbonyl (C=O) groups excluding carboxylic acids is 2. The van der Waals surface area contributed by atoms with Crippen molar-refractivity contribution in [2.24, 2.45) is 0 Å². The molecule has 1 heterocycles. The van der Waals surface area contributed by atoms with Crippen LogP contribution in [0.4, 0.5) is 5.69 Å². The normalized spacial score (nSPS) is 16.6. The van der Waals surface area contributed by atoms with E-state index in [1.54, 1.807) is 30.3 Å². The van der Waals surface area contributed by atoms with Crippen LogP contribution in [0.25, 0.3) is 0 Å². The van der Waals surface area contributed by atoms with Crippen LogP contribution >= 0.6 is 0 Å². The summed E-state index contributed by atoms with van der Waals surface area (Å²) >= 11 is 0. The largest absolute Gasteiger partial charge is 0.274 e. The number of hydrogen-bond acceptors (Lipinski definition) is 4. The predicted molar refractivity (Wildman–Crippen MR) is 132 cm³/mol. The molecule has 34 heavy (non-hydrogen) atoms. The van der Waals surface area contributed by atoms with Crippen molar-refractivity contribution in [1.29, 1.82) is 0 Å². The van der Waals surface area contributed by atoms with Gasteiger partial charge in [-0.15, -0.1) is 0 Å². The van der Waals surface area contributed by atoms with Crippen molar-refractivity contribution >= 4 is 27.5 Å². The number of anilines is 1. The van der Waals surface area contributed by atoms with E-state index in [0.29, 0.717) is 11.6 Å². The van der Waals surface area contributed by atoms with Crippen LogP contribution in [0.15, 0.2) is 83.8 Å². The highest BCUT2D eigenvalue weighted by molar-refractivity contribution is 7.89. The molecule has 1 unspecified atom stereocenters. The van der Waals surface area contributed by atoms with E-state index in [1.807, 2.05) is 43.3 Å². The quantitative estimate of drug-likeness (QED) is 0.466. The minimum atomic E-state index is -4.04. The summed E-state index contributed by atoms with van der Waals surface area (Å²) in [4.78, 5) is 27.7. The second-order valence-corrected chi connectivity index (χ2v) is 10.8. The molecular weight excluding hydrogens is 448 g/mol. The maximum atomic E-state index is 13.6. The molecule has 0 aromatic heterocycles. The number of aryl methyl sites for hydroxylation is 1. The molecule has 1 fully saturated rings. The number of carbonyl (C=O) groups is 2. The molecule has 1 aliphatic heterocycles. The topological polar surface area (TPSA) is 74.8 Å². The highest BCUT2D eigenvalue weighted by Gasteiger charge is 2.47. The van der Waals surface area contributed by atoms with E-state index < -0.39 is 27.9 Å². The fourth-order valence-electron chi connectivity index (χ4n) is 4.08. The van der Waals surface area contributed by atoms with Crippen LogP contribution in [-0.4, -0.2) is 30.6 Å². The minimum Gasteiger partial charge on any atom is -0.274 e. The van der Waals surface area contributed by atoms with Gasteiger partial charge in [0.2, 0.25) is 15.9 Å². The molecule has 0 saturated carbocycles. The number of hydrogen-bond donors (Lipinski definition) is 0. The lowest BCUT2D eigenvalue weighted by Crippen LogP contribution is -2.45. The molecule has 0 aliphatic carbocycles. The van der Waals surface area contributed by atoms with Gasteiger partial charge in [-0.1, -0.05) is 74.0 Å². The van der Waals surface area contributed by atoms with E-state index in [-0.39, 0.29) is 17.9 Å². The molecule has 0 radical (unpaired) electrons. The number of sulfonamides is 1. The van der Waals surface area contributed by atoms with Gasteiger partial charge in [0.1, 0.15) is 6.04 Å². The van der Waals surface area contributed by atoms with Gasteiger partial charge in [-0.05, 0) is 48.2 Å². The Bertz CT molecular complexity index is 1280. The average Bonchev–Trinajstić information content (AvgIpc) is 3.12. The van der Waals surface area contributed by atoms with Crippen LogP contribution < -0.4 is 4.90 Å². The third kappa shape index (κ3) is 4.67. The van der Waals surface area contributed by atoms with Crippen molar-refractivity contribution < 1.29 is 18.0 Å². The van der Waals surface area contributed by atoms with Crippen molar-refractivity contribution in [3.8, 4) is 0 Å². The molecule has 1 atom stereocenters. The molecule has 3 aromatic carbocycles. The SMILES string of the molecule is Cc1ccc(CN(C2CC(=O)N(c3ccc(C(C)C)cc3)C2=O)S(=O)(=O)c2ccccc2)cc1. The first kappa shape index (κ1) is 23.9. The first-order valence-electron chi connectivity index (χ1n) is 11.3. The van der Waals surface area contributed by atoms with Gasteiger partial charge in [0.15, 0.2) is 0 Å². The number of imide groups is 1. The molecule has 176 valence electrons. The molecule has 1 saturated heterocycles. The molecule has 0 spiro atoms. The molecule has 1 aliphatic rings. The Balaban J connectivity index is 1.71. The Labute approximate surface area is 200 Å². The fourth-order valence-corrected chi connectivity index (χ4v) is 5.68. The number of rotatable bonds is 7. The first-order chi connectivity index (χ1) is 16.2. The van der Waals surface area contributed by atoms with Crippen LogP contribution in [0.1, 0.15) is 42.9 Å². The first-order valence-corrected chi connectivity index (χ1v) is 12.7. The predicted octanol–water partition coefficient (Wildman–Crippen LogP) is 4.64. The molecule has 4 rings (SSSR count). The second-order valence-electron chi connectivity index (χ2n) is 8.88. The maximum absolute atomic E-state index is 13.6. The lowest BCUT2D eigenvalue weighted by atomic mass is 10.0. The van der Waals surface area contributed by atoms with Gasteiger partial charge in [-0.2, -0.15) is 4.31 Å². The summed E-state index contributed by atoms with van der Waals surface area (Å²) in [5, 5.41) is 0. The summed E-state index contributed by atoms with van der Waals surface area (Å²) in [5.41, 5.74) is 3.33. The summed E-state index contributed by atoms with van der Waals surface area (Å²) in [6.07, 6.45) is -0.206. The zero-order valence-corrected chi connectivity index (χ0v) is 20.3. The standard InChI is InChI=1S/C27H28N2O4S/c1-19(2)22-13-15-23(16-14-22)29-26(30)17-25(27(29)31)28(18-21-11-9-20(3)10-12-21)34(32,33)24-7-5-4-6-8-24/h4-16,19,25H,17-18H2,1-3H3. The fraction of sp³-hybridized carbons (Fsp3) is 0.259. The van der Waals surface area contributed by atoms with E-state index in [0.717, 1.165) is 25.9 Å². The van der Waals surface area contributed by atoms with Gasteiger partial charge in [-0.25, -0.2) is 13.3 Å². The van der Waals surface area contributed by atoms with E-state index in [2.05, 4.69) is 13.8 Å². The van der Waals surface area contributed by atoms with Crippen LogP contribution in [0.5, 0.6) is 0 Å². The van der Waals surface area contributed by atoms with Gasteiger partial charge in [0, 0.05) is 6.54 Å². The third-order valence-electron chi connectivity index (χ3n) is 6.10. The van der Waals surface area contributed by atoms with E-state index in [4.69, 9.17) is 0 Å².